The van der Waals surface area contributed by atoms with Crippen molar-refractivity contribution < 1.29 is 22.8 Å². The number of rotatable bonds is 7. The lowest BCUT2D eigenvalue weighted by Gasteiger charge is -2.21. The van der Waals surface area contributed by atoms with Crippen molar-refractivity contribution in [2.24, 2.45) is 5.73 Å². The topological polar surface area (TPSA) is 72.5 Å². The Balaban J connectivity index is 4.21. The second-order valence-electron chi connectivity index (χ2n) is 2.91. The Morgan fingerprint density at radius 1 is 1.57 bits per heavy atom. The second-order valence-corrected chi connectivity index (χ2v) is 4.87. The standard InChI is InChI=1S/C7H16F2NO3P/c1-2-4-7(8,9)14(11,12)13-6-3-5-10/h2-6,10H2,1H3,(H,11,12). The molecular weight excluding hydrogens is 215 g/mol. The minimum atomic E-state index is -4.83. The van der Waals surface area contributed by atoms with Gasteiger partial charge >= 0.3 is 13.3 Å². The summed E-state index contributed by atoms with van der Waals surface area (Å²) in [5, 5.41) is 0. The van der Waals surface area contributed by atoms with Gasteiger partial charge in [0, 0.05) is 6.42 Å². The summed E-state index contributed by atoms with van der Waals surface area (Å²) in [5.74, 6) is 0. The number of hydrogen-bond acceptors (Lipinski definition) is 3. The zero-order valence-electron chi connectivity index (χ0n) is 8.08. The van der Waals surface area contributed by atoms with Crippen molar-refractivity contribution in [3.8, 4) is 0 Å². The zero-order chi connectivity index (χ0) is 11.2. The first-order chi connectivity index (χ1) is 6.37. The summed E-state index contributed by atoms with van der Waals surface area (Å²) >= 11 is 0. The van der Waals surface area contributed by atoms with Gasteiger partial charge in [-0.2, -0.15) is 8.78 Å². The Kier molecular flexibility index (Phi) is 5.74. The maximum atomic E-state index is 13.0. The van der Waals surface area contributed by atoms with Gasteiger partial charge in [0.15, 0.2) is 0 Å². The van der Waals surface area contributed by atoms with E-state index in [0.29, 0.717) is 0 Å². The maximum absolute atomic E-state index is 13.0. The molecule has 0 aliphatic heterocycles. The molecule has 7 heteroatoms. The molecule has 86 valence electrons. The zero-order valence-corrected chi connectivity index (χ0v) is 8.97. The van der Waals surface area contributed by atoms with Crippen LogP contribution >= 0.6 is 7.60 Å². The number of halogens is 2. The van der Waals surface area contributed by atoms with Gasteiger partial charge in [0.05, 0.1) is 6.61 Å². The maximum Gasteiger partial charge on any atom is 0.397 e. The van der Waals surface area contributed by atoms with Crippen LogP contribution in [0.5, 0.6) is 0 Å². The smallest absolute Gasteiger partial charge is 0.330 e. The predicted octanol–water partition coefficient (Wildman–Crippen LogP) is 1.93. The molecule has 0 aromatic heterocycles. The van der Waals surface area contributed by atoms with Crippen molar-refractivity contribution >= 4 is 7.60 Å². The van der Waals surface area contributed by atoms with E-state index in [4.69, 9.17) is 10.6 Å². The number of alkyl halides is 2. The van der Waals surface area contributed by atoms with Crippen molar-refractivity contribution in [1.82, 2.24) is 0 Å². The number of hydrogen-bond donors (Lipinski definition) is 2. The van der Waals surface area contributed by atoms with Gasteiger partial charge in [0.1, 0.15) is 0 Å². The summed E-state index contributed by atoms with van der Waals surface area (Å²) in [6.07, 6.45) is -0.242. The van der Waals surface area contributed by atoms with Crippen molar-refractivity contribution in [1.29, 1.82) is 0 Å². The molecule has 14 heavy (non-hydrogen) atoms. The Morgan fingerprint density at radius 2 is 2.14 bits per heavy atom. The highest BCUT2D eigenvalue weighted by atomic mass is 31.2. The van der Waals surface area contributed by atoms with E-state index in [9.17, 15) is 13.3 Å². The molecule has 0 radical (unpaired) electrons. The Labute approximate surface area is 82.0 Å². The van der Waals surface area contributed by atoms with E-state index in [-0.39, 0.29) is 26.0 Å². The Morgan fingerprint density at radius 3 is 2.57 bits per heavy atom. The fourth-order valence-electron chi connectivity index (χ4n) is 0.808. The van der Waals surface area contributed by atoms with E-state index in [2.05, 4.69) is 4.52 Å². The van der Waals surface area contributed by atoms with E-state index in [1.165, 1.54) is 6.92 Å². The van der Waals surface area contributed by atoms with Crippen LogP contribution in [0.4, 0.5) is 8.78 Å². The van der Waals surface area contributed by atoms with Gasteiger partial charge in [0.2, 0.25) is 0 Å². The van der Waals surface area contributed by atoms with Crippen LogP contribution in [0.25, 0.3) is 0 Å². The van der Waals surface area contributed by atoms with Crippen molar-refractivity contribution in [2.75, 3.05) is 13.2 Å². The first-order valence-electron chi connectivity index (χ1n) is 4.42. The summed E-state index contributed by atoms with van der Waals surface area (Å²) in [6, 6.07) is 0. The summed E-state index contributed by atoms with van der Waals surface area (Å²) in [7, 11) is -4.83. The second kappa shape index (κ2) is 5.75. The van der Waals surface area contributed by atoms with E-state index in [1.807, 2.05) is 0 Å². The van der Waals surface area contributed by atoms with Gasteiger partial charge in [0.25, 0.3) is 0 Å². The quantitative estimate of drug-likeness (QED) is 0.518. The van der Waals surface area contributed by atoms with E-state index >= 15 is 0 Å². The molecule has 0 aliphatic carbocycles. The SMILES string of the molecule is CCCC(F)(F)P(=O)(O)OCCCN. The molecule has 0 heterocycles. The third-order valence-electron chi connectivity index (χ3n) is 1.58. The lowest BCUT2D eigenvalue weighted by atomic mass is 10.3. The van der Waals surface area contributed by atoms with Gasteiger partial charge in [-0.3, -0.25) is 4.57 Å². The number of nitrogens with two attached hydrogens (primary N) is 1. The Hall–Kier alpha value is -0.0300. The van der Waals surface area contributed by atoms with Crippen LogP contribution < -0.4 is 5.73 Å². The molecule has 0 fully saturated rings. The molecule has 1 atom stereocenters. The molecule has 0 saturated carbocycles. The van der Waals surface area contributed by atoms with Crippen LogP contribution in [0.2, 0.25) is 0 Å². The molecule has 0 aromatic carbocycles. The highest BCUT2D eigenvalue weighted by Crippen LogP contribution is 2.59. The molecule has 0 amide bonds. The highest BCUT2D eigenvalue weighted by molar-refractivity contribution is 7.54. The minimum absolute atomic E-state index is 0.123. The third-order valence-corrected chi connectivity index (χ3v) is 3.16. The van der Waals surface area contributed by atoms with E-state index in [1.54, 1.807) is 0 Å². The molecule has 0 saturated heterocycles. The van der Waals surface area contributed by atoms with Gasteiger partial charge in [-0.15, -0.1) is 0 Å². The van der Waals surface area contributed by atoms with Crippen molar-refractivity contribution in [3.05, 3.63) is 0 Å². The monoisotopic (exact) mass is 231 g/mol. The normalized spacial score (nSPS) is 16.6. The fourth-order valence-corrected chi connectivity index (χ4v) is 1.88. The van der Waals surface area contributed by atoms with Crippen LogP contribution in [-0.4, -0.2) is 23.7 Å². The molecule has 1 unspecified atom stereocenters. The average Bonchev–Trinajstić information content (AvgIpc) is 2.04. The van der Waals surface area contributed by atoms with Crippen LogP contribution in [-0.2, 0) is 9.09 Å². The van der Waals surface area contributed by atoms with Crippen LogP contribution in [0.1, 0.15) is 26.2 Å². The lowest BCUT2D eigenvalue weighted by molar-refractivity contribution is 0.0395. The van der Waals surface area contributed by atoms with Gasteiger partial charge in [-0.05, 0) is 19.4 Å². The van der Waals surface area contributed by atoms with Crippen LogP contribution in [0, 0.1) is 0 Å². The fraction of sp³-hybridized carbons (Fsp3) is 1.00. The van der Waals surface area contributed by atoms with Crippen LogP contribution in [0.15, 0.2) is 0 Å². The summed E-state index contributed by atoms with van der Waals surface area (Å²) in [6.45, 7) is 1.52. The van der Waals surface area contributed by atoms with Gasteiger partial charge in [-0.25, -0.2) is 0 Å². The largest absolute Gasteiger partial charge is 0.397 e. The van der Waals surface area contributed by atoms with Crippen molar-refractivity contribution in [2.45, 2.75) is 31.8 Å². The first-order valence-corrected chi connectivity index (χ1v) is 6.00. The Bertz CT molecular complexity index is 213. The minimum Gasteiger partial charge on any atom is -0.330 e. The predicted molar refractivity (Wildman–Crippen MR) is 49.3 cm³/mol. The van der Waals surface area contributed by atoms with Crippen LogP contribution in [0.3, 0.4) is 0 Å². The van der Waals surface area contributed by atoms with Gasteiger partial charge in [-0.1, -0.05) is 6.92 Å². The summed E-state index contributed by atoms with van der Waals surface area (Å²) in [4.78, 5) is 8.94. The average molecular weight is 231 g/mol. The molecule has 0 rings (SSSR count). The molecule has 0 bridgehead atoms. The summed E-state index contributed by atoms with van der Waals surface area (Å²) in [5.41, 5.74) is 1.43. The molecular formula is C7H16F2NO3P. The highest BCUT2D eigenvalue weighted by Gasteiger charge is 2.49. The van der Waals surface area contributed by atoms with E-state index < -0.39 is 19.7 Å². The molecule has 0 spiro atoms. The van der Waals surface area contributed by atoms with Gasteiger partial charge < -0.3 is 15.2 Å². The molecule has 0 aliphatic rings. The third kappa shape index (κ3) is 4.00. The molecule has 4 nitrogen and oxygen atoms in total. The molecule has 0 aromatic rings. The molecule has 3 N–H and O–H groups in total. The van der Waals surface area contributed by atoms with E-state index in [0.717, 1.165) is 0 Å². The summed E-state index contributed by atoms with van der Waals surface area (Å²) < 4.78 is 41.2. The first kappa shape index (κ1) is 14.0. The van der Waals surface area contributed by atoms with Crippen molar-refractivity contribution in [3.63, 3.8) is 0 Å². The lowest BCUT2D eigenvalue weighted by Crippen LogP contribution is -2.18.